The smallest absolute Gasteiger partial charge is 0.404 e. The number of aromatic nitrogens is 1. The first-order valence-electron chi connectivity index (χ1n) is 3.88. The molecule has 0 radical (unpaired) electrons. The summed E-state index contributed by atoms with van der Waals surface area (Å²) >= 11 is 0. The fraction of sp³-hybridized carbons (Fsp3) is 0.250. The molecule has 0 N–H and O–H groups in total. The van der Waals surface area contributed by atoms with E-state index >= 15 is 0 Å². The van der Waals surface area contributed by atoms with Crippen molar-refractivity contribution in [2.75, 3.05) is 0 Å². The van der Waals surface area contributed by atoms with E-state index in [4.69, 9.17) is 5.26 Å². The number of nitrogens with zero attached hydrogens (tertiary/aromatic N) is 2. The van der Waals surface area contributed by atoms with Crippen LogP contribution in [-0.2, 0) is 0 Å². The Labute approximate surface area is 90.2 Å². The average molecular weight is 256 g/mol. The molecule has 0 bridgehead atoms. The van der Waals surface area contributed by atoms with Gasteiger partial charge in [0.15, 0.2) is 17.3 Å². The standard InChI is InChI=1S/C8H2F6N2O/c9-6-3(1-15)16-2-4(5(6)7(10)11)17-8(12,13)14/h2,7H. The van der Waals surface area contributed by atoms with Crippen LogP contribution in [0, 0.1) is 17.1 Å². The van der Waals surface area contributed by atoms with E-state index in [0.29, 0.717) is 0 Å². The van der Waals surface area contributed by atoms with Gasteiger partial charge in [-0.1, -0.05) is 0 Å². The summed E-state index contributed by atoms with van der Waals surface area (Å²) in [6.07, 6.45) is -8.61. The lowest BCUT2D eigenvalue weighted by Crippen LogP contribution is -2.19. The van der Waals surface area contributed by atoms with E-state index in [9.17, 15) is 26.3 Å². The maximum atomic E-state index is 13.1. The van der Waals surface area contributed by atoms with Gasteiger partial charge in [0.2, 0.25) is 0 Å². The van der Waals surface area contributed by atoms with Gasteiger partial charge in [-0.3, -0.25) is 0 Å². The summed E-state index contributed by atoms with van der Waals surface area (Å²) in [7, 11) is 0. The number of pyridine rings is 1. The molecule has 1 aromatic rings. The molecule has 0 aromatic carbocycles. The monoisotopic (exact) mass is 256 g/mol. The Balaban J connectivity index is 3.33. The Morgan fingerprint density at radius 2 is 1.94 bits per heavy atom. The first-order chi connectivity index (χ1) is 7.76. The van der Waals surface area contributed by atoms with Crippen LogP contribution in [0.4, 0.5) is 26.3 Å². The zero-order valence-electron chi connectivity index (χ0n) is 7.73. The molecule has 0 aliphatic heterocycles. The number of hydrogen-bond acceptors (Lipinski definition) is 3. The molecule has 0 saturated heterocycles. The topological polar surface area (TPSA) is 45.9 Å². The molecule has 0 unspecified atom stereocenters. The Morgan fingerprint density at radius 3 is 2.35 bits per heavy atom. The predicted octanol–water partition coefficient (Wildman–Crippen LogP) is 2.93. The molecule has 1 rings (SSSR count). The van der Waals surface area contributed by atoms with Crippen LogP contribution in [0.15, 0.2) is 6.20 Å². The maximum absolute atomic E-state index is 13.1. The fourth-order valence-corrected chi connectivity index (χ4v) is 0.972. The van der Waals surface area contributed by atoms with Gasteiger partial charge >= 0.3 is 6.36 Å². The van der Waals surface area contributed by atoms with Crippen LogP contribution >= 0.6 is 0 Å². The van der Waals surface area contributed by atoms with E-state index in [1.165, 1.54) is 0 Å². The Morgan fingerprint density at radius 1 is 1.35 bits per heavy atom. The Kier molecular flexibility index (Phi) is 3.45. The number of hydrogen-bond donors (Lipinski definition) is 0. The van der Waals surface area contributed by atoms with E-state index in [0.717, 1.165) is 6.07 Å². The zero-order chi connectivity index (χ0) is 13.2. The number of nitriles is 1. The summed E-state index contributed by atoms with van der Waals surface area (Å²) in [6, 6.07) is 1.12. The first-order valence-corrected chi connectivity index (χ1v) is 3.88. The van der Waals surface area contributed by atoms with Gasteiger partial charge in [-0.2, -0.15) is 5.26 Å². The van der Waals surface area contributed by atoms with Crippen LogP contribution in [-0.4, -0.2) is 11.3 Å². The Bertz CT molecular complexity index is 464. The van der Waals surface area contributed by atoms with Gasteiger partial charge in [0.1, 0.15) is 11.6 Å². The molecule has 17 heavy (non-hydrogen) atoms. The molecule has 0 amide bonds. The van der Waals surface area contributed by atoms with Gasteiger partial charge in [0.25, 0.3) is 6.43 Å². The van der Waals surface area contributed by atoms with E-state index < -0.39 is 35.6 Å². The minimum Gasteiger partial charge on any atom is -0.404 e. The molecule has 0 atom stereocenters. The Hall–Kier alpha value is -1.98. The van der Waals surface area contributed by atoms with Crippen molar-refractivity contribution >= 4 is 0 Å². The van der Waals surface area contributed by atoms with Crippen molar-refractivity contribution in [3.05, 3.63) is 23.3 Å². The third-order valence-corrected chi connectivity index (χ3v) is 1.57. The molecule has 9 heteroatoms. The quantitative estimate of drug-likeness (QED) is 0.764. The number of ether oxygens (including phenoxy) is 1. The normalized spacial score (nSPS) is 11.4. The minimum absolute atomic E-state index is 0.219. The van der Waals surface area contributed by atoms with Crippen LogP contribution < -0.4 is 4.74 Å². The lowest BCUT2D eigenvalue weighted by Gasteiger charge is -2.13. The van der Waals surface area contributed by atoms with E-state index in [1.54, 1.807) is 0 Å². The minimum atomic E-state index is -5.26. The van der Waals surface area contributed by atoms with Gasteiger partial charge < -0.3 is 4.74 Å². The van der Waals surface area contributed by atoms with Crippen LogP contribution in [0.5, 0.6) is 5.75 Å². The molecule has 0 aliphatic rings. The highest BCUT2D eigenvalue weighted by Gasteiger charge is 2.35. The van der Waals surface area contributed by atoms with Gasteiger partial charge in [-0.05, 0) is 0 Å². The van der Waals surface area contributed by atoms with Crippen molar-refractivity contribution in [1.29, 1.82) is 5.26 Å². The SMILES string of the molecule is N#Cc1ncc(OC(F)(F)F)c(C(F)F)c1F. The van der Waals surface area contributed by atoms with E-state index in [-0.39, 0.29) is 6.20 Å². The summed E-state index contributed by atoms with van der Waals surface area (Å²) in [5.74, 6) is -3.30. The predicted molar refractivity (Wildman–Crippen MR) is 40.5 cm³/mol. The molecule has 1 heterocycles. The van der Waals surface area contributed by atoms with Gasteiger partial charge in [-0.15, -0.1) is 13.2 Å². The third kappa shape index (κ3) is 2.99. The van der Waals surface area contributed by atoms with E-state index in [2.05, 4.69) is 9.72 Å². The molecular formula is C8H2F6N2O. The van der Waals surface area contributed by atoms with Crippen LogP contribution in [0.3, 0.4) is 0 Å². The van der Waals surface area contributed by atoms with Gasteiger partial charge in [-0.25, -0.2) is 18.2 Å². The summed E-state index contributed by atoms with van der Waals surface area (Å²) in [5, 5.41) is 8.29. The lowest BCUT2D eigenvalue weighted by atomic mass is 10.2. The second kappa shape index (κ2) is 4.48. The molecular weight excluding hydrogens is 254 g/mol. The van der Waals surface area contributed by atoms with Crippen molar-refractivity contribution in [3.8, 4) is 11.8 Å². The van der Waals surface area contributed by atoms with Gasteiger partial charge in [0.05, 0.1) is 6.20 Å². The van der Waals surface area contributed by atoms with Crippen molar-refractivity contribution in [3.63, 3.8) is 0 Å². The number of rotatable bonds is 2. The summed E-state index contributed by atoms with van der Waals surface area (Å²) < 4.78 is 76.5. The third-order valence-electron chi connectivity index (χ3n) is 1.57. The summed E-state index contributed by atoms with van der Waals surface area (Å²) in [6.45, 7) is 0. The summed E-state index contributed by atoms with van der Waals surface area (Å²) in [4.78, 5) is 2.93. The molecule has 0 saturated carbocycles. The molecule has 92 valence electrons. The first kappa shape index (κ1) is 13.1. The van der Waals surface area contributed by atoms with Crippen molar-refractivity contribution in [2.24, 2.45) is 0 Å². The molecule has 0 aliphatic carbocycles. The van der Waals surface area contributed by atoms with Crippen LogP contribution in [0.25, 0.3) is 0 Å². The van der Waals surface area contributed by atoms with Gasteiger partial charge in [0, 0.05) is 0 Å². The zero-order valence-corrected chi connectivity index (χ0v) is 7.73. The molecule has 0 fully saturated rings. The fourth-order valence-electron chi connectivity index (χ4n) is 0.972. The second-order valence-electron chi connectivity index (χ2n) is 2.66. The molecule has 3 nitrogen and oxygen atoms in total. The van der Waals surface area contributed by atoms with Crippen molar-refractivity contribution in [1.82, 2.24) is 4.98 Å². The highest BCUT2D eigenvalue weighted by Crippen LogP contribution is 2.34. The average Bonchev–Trinajstić information content (AvgIpc) is 2.14. The van der Waals surface area contributed by atoms with Crippen molar-refractivity contribution in [2.45, 2.75) is 12.8 Å². The van der Waals surface area contributed by atoms with Crippen molar-refractivity contribution < 1.29 is 31.1 Å². The van der Waals surface area contributed by atoms with E-state index in [1.807, 2.05) is 0 Å². The van der Waals surface area contributed by atoms with Crippen LogP contribution in [0.2, 0.25) is 0 Å². The highest BCUT2D eigenvalue weighted by molar-refractivity contribution is 5.39. The highest BCUT2D eigenvalue weighted by atomic mass is 19.4. The molecule has 1 aromatic heterocycles. The molecule has 0 spiro atoms. The largest absolute Gasteiger partial charge is 0.573 e. The number of halogens is 6. The number of alkyl halides is 5. The maximum Gasteiger partial charge on any atom is 0.573 e. The van der Waals surface area contributed by atoms with Crippen LogP contribution in [0.1, 0.15) is 17.7 Å². The second-order valence-corrected chi connectivity index (χ2v) is 2.66. The summed E-state index contributed by atoms with van der Waals surface area (Å²) in [5.41, 5.74) is -2.68. The lowest BCUT2D eigenvalue weighted by molar-refractivity contribution is -0.275.